The predicted molar refractivity (Wildman–Crippen MR) is 66.0 cm³/mol. The Bertz CT molecular complexity index is 408. The van der Waals surface area contributed by atoms with Crippen molar-refractivity contribution in [3.63, 3.8) is 0 Å². The molecule has 19 heavy (non-hydrogen) atoms. The van der Waals surface area contributed by atoms with Crippen LogP contribution in [0.25, 0.3) is 0 Å². The number of nitrogens with one attached hydrogen (secondary N) is 1. The molecule has 1 atom stereocenters. The van der Waals surface area contributed by atoms with Crippen molar-refractivity contribution in [2.75, 3.05) is 0 Å². The second-order valence-corrected chi connectivity index (χ2v) is 4.27. The summed E-state index contributed by atoms with van der Waals surface area (Å²) in [6.45, 7) is 3.56. The molecule has 0 fully saturated rings. The Labute approximate surface area is 127 Å². The van der Waals surface area contributed by atoms with E-state index in [0.717, 1.165) is 5.56 Å². The van der Waals surface area contributed by atoms with Crippen LogP contribution in [0, 0.1) is 5.92 Å². The van der Waals surface area contributed by atoms with Gasteiger partial charge in [-0.05, 0) is 11.5 Å². The van der Waals surface area contributed by atoms with E-state index in [1.807, 2.05) is 30.3 Å². The van der Waals surface area contributed by atoms with Gasteiger partial charge in [0, 0.05) is 22.4 Å². The van der Waals surface area contributed by atoms with Crippen molar-refractivity contribution in [3.05, 3.63) is 35.9 Å². The number of benzene rings is 1. The van der Waals surface area contributed by atoms with Gasteiger partial charge in [-0.2, -0.15) is 0 Å². The second-order valence-electron chi connectivity index (χ2n) is 4.27. The number of carbonyl (C=O) groups excluding carboxylic acids is 1. The first kappa shape index (κ1) is 17.7. The molecule has 6 heteroatoms. The molecule has 109 valence electrons. The van der Waals surface area contributed by atoms with Gasteiger partial charge in [0.25, 0.3) is 0 Å². The van der Waals surface area contributed by atoms with Gasteiger partial charge in [-0.15, -0.1) is 0 Å². The van der Waals surface area contributed by atoms with Gasteiger partial charge in [-0.1, -0.05) is 44.2 Å². The number of hydrogen-bond acceptors (Lipinski definition) is 3. The molecule has 0 saturated carbocycles. The Morgan fingerprint density at radius 2 is 1.84 bits per heavy atom. The first-order chi connectivity index (χ1) is 8.50. The molecule has 1 amide bonds. The van der Waals surface area contributed by atoms with Gasteiger partial charge in [-0.3, -0.25) is 0 Å². The maximum Gasteiger partial charge on any atom is 0.408 e. The first-order valence-corrected chi connectivity index (χ1v) is 5.70. The van der Waals surface area contributed by atoms with Gasteiger partial charge in [0.2, 0.25) is 0 Å². The monoisotopic (exact) mass is 358 g/mol. The summed E-state index contributed by atoms with van der Waals surface area (Å²) in [7, 11) is 0. The van der Waals surface area contributed by atoms with Crippen LogP contribution < -0.4 is 5.32 Å². The van der Waals surface area contributed by atoms with E-state index in [0.29, 0.717) is 0 Å². The van der Waals surface area contributed by atoms with Crippen molar-refractivity contribution < 1.29 is 41.8 Å². The van der Waals surface area contributed by atoms with Crippen molar-refractivity contribution in [3.8, 4) is 0 Å². The minimum atomic E-state index is -1.07. The smallest absolute Gasteiger partial charge is 0.408 e. The van der Waals surface area contributed by atoms with Crippen molar-refractivity contribution in [1.29, 1.82) is 0 Å². The minimum Gasteiger partial charge on any atom is -0.480 e. The summed E-state index contributed by atoms with van der Waals surface area (Å²) in [5.74, 6) is -1.27. The van der Waals surface area contributed by atoms with Crippen LogP contribution in [0.3, 0.4) is 0 Å². The Morgan fingerprint density at radius 3 is 2.32 bits per heavy atom. The molecule has 0 bridgehead atoms. The molecule has 1 rings (SSSR count). The van der Waals surface area contributed by atoms with Crippen LogP contribution in [0.5, 0.6) is 0 Å². The molecule has 1 aromatic rings. The van der Waals surface area contributed by atoms with Crippen molar-refractivity contribution in [2.45, 2.75) is 26.5 Å². The number of carboxylic acids is 1. The maximum atomic E-state index is 11.4. The quantitative estimate of drug-likeness (QED) is 0.789. The summed E-state index contributed by atoms with van der Waals surface area (Å²) >= 11 is 0. The van der Waals surface area contributed by atoms with Gasteiger partial charge in [0.1, 0.15) is 12.6 Å². The summed E-state index contributed by atoms with van der Waals surface area (Å²) in [5.41, 5.74) is 0.851. The summed E-state index contributed by atoms with van der Waals surface area (Å²) in [6, 6.07) is 8.25. The fourth-order valence-electron chi connectivity index (χ4n) is 1.41. The van der Waals surface area contributed by atoms with E-state index in [1.54, 1.807) is 13.8 Å². The molecule has 5 nitrogen and oxygen atoms in total. The standard InChI is InChI=1S/C13H17NO4.Ag/c1-9(2)11(12(15)16)14-13(17)18-8-10-6-4-3-5-7-10;/h3-7,9,11H,8H2,1-2H3,(H,14,17)(H,15,16);/t11-;/m0./s1. The predicted octanol–water partition coefficient (Wildman–Crippen LogP) is 2.02. The topological polar surface area (TPSA) is 75.6 Å². The molecule has 0 unspecified atom stereocenters. The van der Waals surface area contributed by atoms with Crippen molar-refractivity contribution in [1.82, 2.24) is 5.32 Å². The van der Waals surface area contributed by atoms with Crippen LogP contribution in [0.4, 0.5) is 4.79 Å². The van der Waals surface area contributed by atoms with Crippen LogP contribution in [0.15, 0.2) is 30.3 Å². The third-order valence-corrected chi connectivity index (χ3v) is 2.42. The number of hydrogen-bond donors (Lipinski definition) is 2. The number of carbonyl (C=O) groups is 2. The average Bonchev–Trinajstić information content (AvgIpc) is 2.34. The minimum absolute atomic E-state index is 0. The fraction of sp³-hybridized carbons (Fsp3) is 0.385. The van der Waals surface area contributed by atoms with E-state index in [-0.39, 0.29) is 34.9 Å². The molecule has 0 aliphatic rings. The van der Waals surface area contributed by atoms with Crippen LogP contribution in [-0.4, -0.2) is 23.2 Å². The fourth-order valence-corrected chi connectivity index (χ4v) is 1.41. The largest absolute Gasteiger partial charge is 0.480 e. The molecule has 0 spiro atoms. The van der Waals surface area contributed by atoms with E-state index in [4.69, 9.17) is 9.84 Å². The van der Waals surface area contributed by atoms with Crippen molar-refractivity contribution >= 4 is 12.1 Å². The van der Waals surface area contributed by atoms with Gasteiger partial charge in [-0.25, -0.2) is 9.59 Å². The summed E-state index contributed by atoms with van der Waals surface area (Å²) < 4.78 is 4.95. The molecular formula is C13H17AgNO4. The normalized spacial score (nSPS) is 11.3. The van der Waals surface area contributed by atoms with Gasteiger partial charge >= 0.3 is 12.1 Å². The third-order valence-electron chi connectivity index (χ3n) is 2.42. The van der Waals surface area contributed by atoms with Crippen LogP contribution in [0.1, 0.15) is 19.4 Å². The zero-order valence-electron chi connectivity index (χ0n) is 10.7. The molecule has 1 aromatic carbocycles. The van der Waals surface area contributed by atoms with Crippen LogP contribution >= 0.6 is 0 Å². The van der Waals surface area contributed by atoms with Gasteiger partial charge < -0.3 is 15.2 Å². The summed E-state index contributed by atoms with van der Waals surface area (Å²) in [4.78, 5) is 22.3. The average molecular weight is 359 g/mol. The van der Waals surface area contributed by atoms with E-state index in [2.05, 4.69) is 5.32 Å². The zero-order chi connectivity index (χ0) is 13.5. The molecular weight excluding hydrogens is 342 g/mol. The number of aliphatic carboxylic acids is 1. The Morgan fingerprint density at radius 1 is 1.26 bits per heavy atom. The number of amides is 1. The van der Waals surface area contributed by atoms with E-state index in [9.17, 15) is 9.59 Å². The zero-order valence-corrected chi connectivity index (χ0v) is 12.2. The number of carboxylic acid groups (broad SMARTS) is 1. The molecule has 2 N–H and O–H groups in total. The maximum absolute atomic E-state index is 11.4. The van der Waals surface area contributed by atoms with Crippen molar-refractivity contribution in [2.24, 2.45) is 5.92 Å². The number of ether oxygens (including phenoxy) is 1. The first-order valence-electron chi connectivity index (χ1n) is 5.70. The molecule has 0 saturated heterocycles. The van der Waals surface area contributed by atoms with Crippen LogP contribution in [0.2, 0.25) is 0 Å². The van der Waals surface area contributed by atoms with E-state index >= 15 is 0 Å². The summed E-state index contributed by atoms with van der Waals surface area (Å²) in [6.07, 6.45) is -0.722. The molecule has 0 aliphatic heterocycles. The second kappa shape index (κ2) is 8.74. The molecule has 1 radical (unpaired) electrons. The van der Waals surface area contributed by atoms with Gasteiger partial charge in [0.15, 0.2) is 0 Å². The third kappa shape index (κ3) is 6.42. The molecule has 0 aliphatic carbocycles. The van der Waals surface area contributed by atoms with Gasteiger partial charge in [0.05, 0.1) is 0 Å². The number of rotatable bonds is 5. The summed E-state index contributed by atoms with van der Waals surface area (Å²) in [5, 5.41) is 11.2. The van der Waals surface area contributed by atoms with E-state index in [1.165, 1.54) is 0 Å². The Kier molecular flexibility index (Phi) is 8.14. The Hall–Kier alpha value is -1.30. The van der Waals surface area contributed by atoms with E-state index < -0.39 is 18.1 Å². The van der Waals surface area contributed by atoms with Crippen LogP contribution in [-0.2, 0) is 38.5 Å². The molecule has 0 aromatic heterocycles. The SMILES string of the molecule is CC(C)[C@H](NC(=O)OCc1ccccc1)C(=O)O.[Ag]. The number of alkyl carbamates (subject to hydrolysis) is 1. The molecule has 0 heterocycles. The Balaban J connectivity index is 0.00000324.